The predicted molar refractivity (Wildman–Crippen MR) is 68.6 cm³/mol. The van der Waals surface area contributed by atoms with Crippen molar-refractivity contribution in [3.63, 3.8) is 0 Å². The van der Waals surface area contributed by atoms with E-state index in [9.17, 15) is 23.1 Å². The van der Waals surface area contributed by atoms with Gasteiger partial charge in [-0.3, -0.25) is 4.79 Å². The van der Waals surface area contributed by atoms with E-state index in [4.69, 9.17) is 0 Å². The number of benzene rings is 1. The summed E-state index contributed by atoms with van der Waals surface area (Å²) in [6.45, 7) is 0.963. The summed E-state index contributed by atoms with van der Waals surface area (Å²) in [4.78, 5) is 12.2. The van der Waals surface area contributed by atoms with Crippen molar-refractivity contribution >= 4 is 6.41 Å². The van der Waals surface area contributed by atoms with E-state index < -0.39 is 12.0 Å². The molecule has 1 heterocycles. The van der Waals surface area contributed by atoms with E-state index in [0.717, 1.165) is 12.0 Å². The number of piperidine rings is 1. The summed E-state index contributed by atoms with van der Waals surface area (Å²) in [5, 5.41) is 10.4. The van der Waals surface area contributed by atoms with Gasteiger partial charge in [-0.25, -0.2) is 0 Å². The first-order chi connectivity index (χ1) is 9.80. The number of carbonyl (C=O) groups excluding carboxylic acids is 1. The van der Waals surface area contributed by atoms with Crippen LogP contribution in [0.25, 0.3) is 0 Å². The largest absolute Gasteiger partial charge is 0.573 e. The Morgan fingerprint density at radius 2 is 1.81 bits per heavy atom. The number of hydrogen-bond donors (Lipinski definition) is 1. The first kappa shape index (κ1) is 15.6. The molecule has 0 aliphatic carbocycles. The van der Waals surface area contributed by atoms with Gasteiger partial charge in [0, 0.05) is 19.5 Å². The minimum atomic E-state index is -4.71. The number of carbonyl (C=O) groups is 1. The molecule has 0 radical (unpaired) electrons. The van der Waals surface area contributed by atoms with Gasteiger partial charge in [0.05, 0.1) is 5.60 Å². The molecule has 0 aromatic heterocycles. The third-order valence-electron chi connectivity index (χ3n) is 3.57. The Kier molecular flexibility index (Phi) is 4.41. The first-order valence-electron chi connectivity index (χ1n) is 6.56. The summed E-state index contributed by atoms with van der Waals surface area (Å²) in [5.74, 6) is -0.283. The van der Waals surface area contributed by atoms with Gasteiger partial charge in [0.2, 0.25) is 6.41 Å². The standard InChI is InChI=1S/C14H16F3NO3/c15-14(16,17)21-12-3-1-11(2-4-12)9-13(20)5-7-18(10-19)8-6-13/h1-4,10,20H,5-9H2. The lowest BCUT2D eigenvalue weighted by Crippen LogP contribution is -2.45. The minimum Gasteiger partial charge on any atom is -0.406 e. The number of alkyl halides is 3. The first-order valence-corrected chi connectivity index (χ1v) is 6.56. The van der Waals surface area contributed by atoms with E-state index >= 15 is 0 Å². The van der Waals surface area contributed by atoms with E-state index in [1.165, 1.54) is 24.3 Å². The molecule has 1 aliphatic heterocycles. The van der Waals surface area contributed by atoms with Gasteiger partial charge in [-0.2, -0.15) is 0 Å². The lowest BCUT2D eigenvalue weighted by molar-refractivity contribution is -0.274. The maximum absolute atomic E-state index is 12.1. The van der Waals surface area contributed by atoms with Gasteiger partial charge in [0.1, 0.15) is 5.75 Å². The Labute approximate surface area is 120 Å². The second-order valence-corrected chi connectivity index (χ2v) is 5.23. The highest BCUT2D eigenvalue weighted by Gasteiger charge is 2.33. The summed E-state index contributed by atoms with van der Waals surface area (Å²) in [7, 11) is 0. The van der Waals surface area contributed by atoms with Crippen LogP contribution in [-0.2, 0) is 11.2 Å². The van der Waals surface area contributed by atoms with Crippen LogP contribution in [0.3, 0.4) is 0 Å². The molecule has 21 heavy (non-hydrogen) atoms. The third kappa shape index (κ3) is 4.63. The Bertz CT molecular complexity index is 479. The molecule has 4 nitrogen and oxygen atoms in total. The molecule has 1 aliphatic rings. The number of halogens is 3. The van der Waals surface area contributed by atoms with Crippen molar-refractivity contribution in [1.82, 2.24) is 4.90 Å². The van der Waals surface area contributed by atoms with Crippen LogP contribution in [0.2, 0.25) is 0 Å². The van der Waals surface area contributed by atoms with Crippen LogP contribution in [0.15, 0.2) is 24.3 Å². The fraction of sp³-hybridized carbons (Fsp3) is 0.500. The molecule has 0 saturated carbocycles. The molecule has 0 unspecified atom stereocenters. The maximum atomic E-state index is 12.1. The highest BCUT2D eigenvalue weighted by molar-refractivity contribution is 5.47. The molecule has 1 saturated heterocycles. The van der Waals surface area contributed by atoms with Crippen LogP contribution in [0, 0.1) is 0 Å². The minimum absolute atomic E-state index is 0.283. The van der Waals surface area contributed by atoms with Gasteiger partial charge in [-0.05, 0) is 30.5 Å². The van der Waals surface area contributed by atoms with Crippen molar-refractivity contribution in [1.29, 1.82) is 0 Å². The molecule has 1 fully saturated rings. The zero-order chi connectivity index (χ0) is 15.5. The smallest absolute Gasteiger partial charge is 0.406 e. The number of aliphatic hydroxyl groups is 1. The Balaban J connectivity index is 1.95. The lowest BCUT2D eigenvalue weighted by Gasteiger charge is -2.36. The van der Waals surface area contributed by atoms with Gasteiger partial charge in [0.25, 0.3) is 0 Å². The zero-order valence-electron chi connectivity index (χ0n) is 11.3. The number of nitrogens with zero attached hydrogens (tertiary/aromatic N) is 1. The molecule has 2 rings (SSSR count). The molecule has 116 valence electrons. The molecule has 7 heteroatoms. The fourth-order valence-electron chi connectivity index (χ4n) is 2.41. The van der Waals surface area contributed by atoms with E-state index in [2.05, 4.69) is 4.74 Å². The van der Waals surface area contributed by atoms with Gasteiger partial charge in [0.15, 0.2) is 0 Å². The molecule has 1 aromatic rings. The SMILES string of the molecule is O=CN1CCC(O)(Cc2ccc(OC(F)(F)F)cc2)CC1. The summed E-state index contributed by atoms with van der Waals surface area (Å²) in [6.07, 6.45) is -2.71. The molecule has 0 bridgehead atoms. The second kappa shape index (κ2) is 5.93. The Morgan fingerprint density at radius 3 is 2.29 bits per heavy atom. The summed E-state index contributed by atoms with van der Waals surface area (Å²) < 4.78 is 39.9. The van der Waals surface area contributed by atoms with Crippen LogP contribution >= 0.6 is 0 Å². The monoisotopic (exact) mass is 303 g/mol. The van der Waals surface area contributed by atoms with Gasteiger partial charge < -0.3 is 14.7 Å². The third-order valence-corrected chi connectivity index (χ3v) is 3.57. The quantitative estimate of drug-likeness (QED) is 0.867. The van der Waals surface area contributed by atoms with E-state index in [-0.39, 0.29) is 5.75 Å². The van der Waals surface area contributed by atoms with Crippen molar-refractivity contribution in [2.75, 3.05) is 13.1 Å². The summed E-state index contributed by atoms with van der Waals surface area (Å²) in [6, 6.07) is 5.47. The molecule has 1 N–H and O–H groups in total. The van der Waals surface area contributed by atoms with Crippen LogP contribution in [-0.4, -0.2) is 41.5 Å². The zero-order valence-corrected chi connectivity index (χ0v) is 11.3. The highest BCUT2D eigenvalue weighted by Crippen LogP contribution is 2.28. The average molecular weight is 303 g/mol. The van der Waals surface area contributed by atoms with E-state index in [1.54, 1.807) is 4.90 Å². The lowest BCUT2D eigenvalue weighted by atomic mass is 9.85. The van der Waals surface area contributed by atoms with Crippen LogP contribution < -0.4 is 4.74 Å². The van der Waals surface area contributed by atoms with E-state index in [0.29, 0.717) is 32.4 Å². The number of ether oxygens (including phenoxy) is 1. The number of hydrogen-bond acceptors (Lipinski definition) is 3. The second-order valence-electron chi connectivity index (χ2n) is 5.23. The van der Waals surface area contributed by atoms with Gasteiger partial charge >= 0.3 is 6.36 Å². The average Bonchev–Trinajstić information content (AvgIpc) is 2.40. The van der Waals surface area contributed by atoms with Crippen LogP contribution in [0.1, 0.15) is 18.4 Å². The van der Waals surface area contributed by atoms with Crippen molar-refractivity contribution in [2.45, 2.75) is 31.2 Å². The Hall–Kier alpha value is -1.76. The summed E-state index contributed by atoms with van der Waals surface area (Å²) >= 11 is 0. The molecule has 0 atom stereocenters. The maximum Gasteiger partial charge on any atom is 0.573 e. The topological polar surface area (TPSA) is 49.8 Å². The van der Waals surface area contributed by atoms with Crippen molar-refractivity contribution in [3.05, 3.63) is 29.8 Å². The van der Waals surface area contributed by atoms with Gasteiger partial charge in [-0.15, -0.1) is 13.2 Å². The number of rotatable bonds is 4. The predicted octanol–water partition coefficient (Wildman–Crippen LogP) is 2.11. The Morgan fingerprint density at radius 1 is 1.24 bits per heavy atom. The van der Waals surface area contributed by atoms with Crippen molar-refractivity contribution in [3.8, 4) is 5.75 Å². The number of amides is 1. The molecule has 0 spiro atoms. The molecular formula is C14H16F3NO3. The van der Waals surface area contributed by atoms with Crippen LogP contribution in [0.5, 0.6) is 5.75 Å². The van der Waals surface area contributed by atoms with Gasteiger partial charge in [-0.1, -0.05) is 12.1 Å². The van der Waals surface area contributed by atoms with E-state index in [1.807, 2.05) is 0 Å². The molecule has 1 aromatic carbocycles. The fourth-order valence-corrected chi connectivity index (χ4v) is 2.41. The number of likely N-dealkylation sites (tertiary alicyclic amines) is 1. The summed E-state index contributed by atoms with van der Waals surface area (Å²) in [5.41, 5.74) is -0.196. The van der Waals surface area contributed by atoms with Crippen molar-refractivity contribution in [2.24, 2.45) is 0 Å². The molecule has 1 amide bonds. The highest BCUT2D eigenvalue weighted by atomic mass is 19.4. The van der Waals surface area contributed by atoms with Crippen molar-refractivity contribution < 1.29 is 27.8 Å². The normalized spacial score (nSPS) is 18.4. The van der Waals surface area contributed by atoms with Crippen LogP contribution in [0.4, 0.5) is 13.2 Å². The molecular weight excluding hydrogens is 287 g/mol.